The molecule has 0 aliphatic rings. The second-order valence-electron chi connectivity index (χ2n) is 4.95. The van der Waals surface area contributed by atoms with Crippen molar-refractivity contribution in [3.05, 3.63) is 46.0 Å². The Morgan fingerprint density at radius 3 is 1.54 bits per heavy atom. The van der Waals surface area contributed by atoms with Crippen LogP contribution in [0, 0.1) is 6.92 Å². The topological polar surface area (TPSA) is 176 Å². The number of carboxylic acids is 4. The van der Waals surface area contributed by atoms with E-state index in [2.05, 4.69) is 11.3 Å². The third-order valence-electron chi connectivity index (χ3n) is 3.47. The Bertz CT molecular complexity index is 781. The van der Waals surface area contributed by atoms with Crippen LogP contribution in [0.4, 0.5) is 0 Å². The molecule has 1 rings (SSSR count). The maximum atomic E-state index is 11.6. The average Bonchev–Trinajstić information content (AvgIpc) is 2.53. The van der Waals surface area contributed by atoms with Gasteiger partial charge in [-0.3, -0.25) is 0 Å². The first-order chi connectivity index (χ1) is 12.0. The minimum absolute atomic E-state index is 0.507. The predicted octanol–water partition coefficient (Wildman–Crippen LogP) is 1.06. The lowest BCUT2D eigenvalue weighted by Gasteiger charge is -2.18. The van der Waals surface area contributed by atoms with Crippen LogP contribution >= 0.6 is 0 Å². The average molecular weight is 366 g/mol. The molecule has 0 amide bonds. The van der Waals surface area contributed by atoms with Gasteiger partial charge in [-0.05, 0) is 18.1 Å². The molecule has 10 heteroatoms. The van der Waals surface area contributed by atoms with Crippen LogP contribution in [0.15, 0.2) is 12.7 Å². The number of hydrogen-bond donors (Lipinski definition) is 4. The predicted molar refractivity (Wildman–Crippen MR) is 83.9 cm³/mol. The molecule has 0 fully saturated rings. The van der Waals surface area contributed by atoms with E-state index < -0.39 is 76.3 Å². The molecule has 0 heterocycles. The quantitative estimate of drug-likeness (QED) is 0.384. The van der Waals surface area contributed by atoms with E-state index in [1.807, 2.05) is 0 Å². The number of aromatic carboxylic acids is 4. The summed E-state index contributed by atoms with van der Waals surface area (Å²) in [5, 5.41) is 37.4. The van der Waals surface area contributed by atoms with E-state index in [0.717, 1.165) is 13.0 Å². The van der Waals surface area contributed by atoms with Crippen molar-refractivity contribution in [1.82, 2.24) is 0 Å². The number of ether oxygens (including phenoxy) is 1. The highest BCUT2D eigenvalue weighted by atomic mass is 16.5. The van der Waals surface area contributed by atoms with Crippen molar-refractivity contribution in [3.8, 4) is 0 Å². The Morgan fingerprint density at radius 1 is 0.846 bits per heavy atom. The maximum absolute atomic E-state index is 11.6. The third-order valence-corrected chi connectivity index (χ3v) is 3.47. The van der Waals surface area contributed by atoms with Crippen LogP contribution in [-0.4, -0.2) is 56.9 Å². The summed E-state index contributed by atoms with van der Waals surface area (Å²) in [4.78, 5) is 57.2. The first-order valence-electron chi connectivity index (χ1n) is 6.96. The fourth-order valence-electron chi connectivity index (χ4n) is 2.50. The van der Waals surface area contributed by atoms with Crippen LogP contribution in [0.5, 0.6) is 0 Å². The third kappa shape index (κ3) is 3.86. The molecule has 0 atom stereocenters. The maximum Gasteiger partial charge on any atom is 0.336 e. The number of carbonyl (C=O) groups excluding carboxylic acids is 1. The highest BCUT2D eigenvalue weighted by molar-refractivity contribution is 6.12. The molecule has 26 heavy (non-hydrogen) atoms. The largest absolute Gasteiger partial charge is 0.478 e. The molecular formula is C16H14O10. The fourth-order valence-corrected chi connectivity index (χ4v) is 2.50. The van der Waals surface area contributed by atoms with Gasteiger partial charge >= 0.3 is 29.8 Å². The summed E-state index contributed by atoms with van der Waals surface area (Å²) in [7, 11) is 0. The first-order valence-corrected chi connectivity index (χ1v) is 6.96. The number of benzene rings is 1. The standard InChI is InChI=1S/C16H14O10/c1-3-8(17)26-5-4-7-11(15(22)23)9(13(18)19)6(2)10(14(20)21)12(7)16(24)25/h3H,1,4-5H2,2H3,(H,18,19)(H,20,21)(H,22,23)(H,24,25). The molecule has 138 valence electrons. The fraction of sp³-hybridized carbons (Fsp3) is 0.188. The van der Waals surface area contributed by atoms with E-state index in [4.69, 9.17) is 0 Å². The van der Waals surface area contributed by atoms with Crippen molar-refractivity contribution >= 4 is 29.8 Å². The zero-order valence-corrected chi connectivity index (χ0v) is 13.4. The van der Waals surface area contributed by atoms with Gasteiger partial charge in [0.1, 0.15) is 0 Å². The highest BCUT2D eigenvalue weighted by Gasteiger charge is 2.33. The van der Waals surface area contributed by atoms with Gasteiger partial charge in [0.2, 0.25) is 0 Å². The van der Waals surface area contributed by atoms with Gasteiger partial charge in [-0.1, -0.05) is 6.58 Å². The van der Waals surface area contributed by atoms with Gasteiger partial charge in [-0.15, -0.1) is 0 Å². The van der Waals surface area contributed by atoms with E-state index in [1.54, 1.807) is 0 Å². The Morgan fingerprint density at radius 2 is 1.23 bits per heavy atom. The van der Waals surface area contributed by atoms with Gasteiger partial charge in [0, 0.05) is 12.5 Å². The molecule has 1 aromatic carbocycles. The van der Waals surface area contributed by atoms with Gasteiger partial charge < -0.3 is 25.2 Å². The summed E-state index contributed by atoms with van der Waals surface area (Å²) in [6.45, 7) is 3.65. The van der Waals surface area contributed by atoms with Gasteiger partial charge in [0.25, 0.3) is 0 Å². The molecule has 4 N–H and O–H groups in total. The van der Waals surface area contributed by atoms with Crippen LogP contribution < -0.4 is 0 Å². The number of carboxylic acid groups (broad SMARTS) is 4. The molecule has 0 spiro atoms. The molecule has 0 bridgehead atoms. The molecule has 0 aromatic heterocycles. The zero-order valence-electron chi connectivity index (χ0n) is 13.4. The second kappa shape index (κ2) is 7.92. The lowest BCUT2D eigenvalue weighted by atomic mass is 9.85. The van der Waals surface area contributed by atoms with Crippen LogP contribution in [0.25, 0.3) is 0 Å². The molecule has 0 radical (unpaired) electrons. The number of hydrogen-bond acceptors (Lipinski definition) is 6. The summed E-state index contributed by atoms with van der Waals surface area (Å²) in [6.07, 6.45) is 0.292. The van der Waals surface area contributed by atoms with Gasteiger partial charge in [-0.25, -0.2) is 24.0 Å². The van der Waals surface area contributed by atoms with Gasteiger partial charge in [0.05, 0.1) is 28.9 Å². The summed E-state index contributed by atoms with van der Waals surface area (Å²) in [6, 6.07) is 0. The highest BCUT2D eigenvalue weighted by Crippen LogP contribution is 2.29. The zero-order chi connectivity index (χ0) is 20.2. The second-order valence-corrected chi connectivity index (χ2v) is 4.95. The summed E-state index contributed by atoms with van der Waals surface area (Å²) in [5.74, 6) is -7.85. The van der Waals surface area contributed by atoms with E-state index in [0.29, 0.717) is 0 Å². The lowest BCUT2D eigenvalue weighted by molar-refractivity contribution is -0.137. The van der Waals surface area contributed by atoms with Crippen molar-refractivity contribution < 1.29 is 49.1 Å². The normalized spacial score (nSPS) is 10.0. The summed E-state index contributed by atoms with van der Waals surface area (Å²) >= 11 is 0. The van der Waals surface area contributed by atoms with Crippen LogP contribution in [0.2, 0.25) is 0 Å². The summed E-state index contributed by atoms with van der Waals surface area (Å²) in [5.41, 5.74) is -4.50. The number of carbonyl (C=O) groups is 5. The number of rotatable bonds is 8. The minimum Gasteiger partial charge on any atom is -0.478 e. The van der Waals surface area contributed by atoms with Crippen molar-refractivity contribution in [1.29, 1.82) is 0 Å². The van der Waals surface area contributed by atoms with E-state index in [9.17, 15) is 44.4 Å². The molecule has 0 saturated heterocycles. The van der Waals surface area contributed by atoms with Crippen LogP contribution in [0.1, 0.15) is 52.6 Å². The van der Waals surface area contributed by atoms with Gasteiger partial charge in [0.15, 0.2) is 0 Å². The first kappa shape index (κ1) is 20.4. The number of esters is 1. The van der Waals surface area contributed by atoms with E-state index in [-0.39, 0.29) is 0 Å². The Balaban J connectivity index is 3.85. The Labute approximate surface area is 145 Å². The molecule has 10 nitrogen and oxygen atoms in total. The van der Waals surface area contributed by atoms with Crippen molar-refractivity contribution in [2.75, 3.05) is 6.61 Å². The molecular weight excluding hydrogens is 352 g/mol. The Hall–Kier alpha value is -3.69. The van der Waals surface area contributed by atoms with Crippen molar-refractivity contribution in [3.63, 3.8) is 0 Å². The van der Waals surface area contributed by atoms with E-state index in [1.165, 1.54) is 0 Å². The van der Waals surface area contributed by atoms with Crippen LogP contribution in [-0.2, 0) is 16.0 Å². The van der Waals surface area contributed by atoms with Crippen LogP contribution in [0.3, 0.4) is 0 Å². The molecule has 0 unspecified atom stereocenters. The molecule has 0 saturated carbocycles. The molecule has 0 aliphatic carbocycles. The lowest BCUT2D eigenvalue weighted by Crippen LogP contribution is -2.24. The molecule has 1 aromatic rings. The smallest absolute Gasteiger partial charge is 0.336 e. The SMILES string of the molecule is C=CC(=O)OCCc1c(C(=O)O)c(C(=O)O)c(C)c(C(=O)O)c1C(=O)O. The van der Waals surface area contributed by atoms with E-state index >= 15 is 0 Å². The van der Waals surface area contributed by atoms with Crippen molar-refractivity contribution in [2.45, 2.75) is 13.3 Å². The monoisotopic (exact) mass is 366 g/mol. The minimum atomic E-state index is -1.75. The van der Waals surface area contributed by atoms with Crippen molar-refractivity contribution in [2.24, 2.45) is 0 Å². The summed E-state index contributed by atoms with van der Waals surface area (Å²) < 4.78 is 4.66. The Kier molecular flexibility index (Phi) is 6.20. The van der Waals surface area contributed by atoms with Gasteiger partial charge in [-0.2, -0.15) is 0 Å². The molecule has 0 aliphatic heterocycles.